The number of carbonyl (C=O) groups excluding carboxylic acids is 1. The fourth-order valence-corrected chi connectivity index (χ4v) is 1.71. The Morgan fingerprint density at radius 3 is 2.65 bits per heavy atom. The van der Waals surface area contributed by atoms with Crippen molar-refractivity contribution in [3.63, 3.8) is 0 Å². The number of benzene rings is 1. The molecule has 1 aromatic heterocycles. The summed E-state index contributed by atoms with van der Waals surface area (Å²) in [6, 6.07) is 2.85. The second-order valence-corrected chi connectivity index (χ2v) is 4.05. The summed E-state index contributed by atoms with van der Waals surface area (Å²) >= 11 is 0. The number of ether oxygens (including phenoxy) is 1. The third kappa shape index (κ3) is 3.06. The lowest BCUT2D eigenvalue weighted by Crippen LogP contribution is -2.02. The smallest absolute Gasteiger partial charge is 0.166 e. The predicted molar refractivity (Wildman–Crippen MR) is 73.1 cm³/mol. The summed E-state index contributed by atoms with van der Waals surface area (Å²) in [6.07, 6.45) is 7.29. The topological polar surface area (TPSA) is 52.1 Å². The Kier molecular flexibility index (Phi) is 4.55. The van der Waals surface area contributed by atoms with E-state index in [2.05, 4.69) is 16.5 Å². The summed E-state index contributed by atoms with van der Waals surface area (Å²) in [5.74, 6) is -0.625. The van der Waals surface area contributed by atoms with E-state index in [4.69, 9.17) is 4.74 Å². The molecule has 5 heteroatoms. The zero-order chi connectivity index (χ0) is 14.4. The fourth-order valence-electron chi connectivity index (χ4n) is 1.71. The largest absolute Gasteiger partial charge is 0.489 e. The van der Waals surface area contributed by atoms with Crippen molar-refractivity contribution in [1.29, 1.82) is 0 Å². The predicted octanol–water partition coefficient (Wildman–Crippen LogP) is 3.05. The zero-order valence-electron chi connectivity index (χ0n) is 10.8. The molecule has 4 nitrogen and oxygen atoms in total. The maximum Gasteiger partial charge on any atom is 0.166 e. The average Bonchev–Trinajstić information content (AvgIpc) is 2.49. The second kappa shape index (κ2) is 6.56. The maximum atomic E-state index is 14.1. The minimum atomic E-state index is -0.586. The molecule has 0 unspecified atom stereocenters. The first kappa shape index (κ1) is 13.9. The van der Waals surface area contributed by atoms with Crippen LogP contribution in [0.5, 0.6) is 5.75 Å². The van der Waals surface area contributed by atoms with Crippen molar-refractivity contribution in [2.24, 2.45) is 0 Å². The first-order valence-electron chi connectivity index (χ1n) is 6.04. The van der Waals surface area contributed by atoms with Gasteiger partial charge < -0.3 is 4.74 Å². The summed E-state index contributed by atoms with van der Waals surface area (Å²) in [5, 5.41) is 0. The van der Waals surface area contributed by atoms with Gasteiger partial charge in [-0.2, -0.15) is 0 Å². The van der Waals surface area contributed by atoms with Crippen LogP contribution in [0.15, 0.2) is 43.5 Å². The van der Waals surface area contributed by atoms with Gasteiger partial charge in [-0.1, -0.05) is 6.08 Å². The Morgan fingerprint density at radius 1 is 1.25 bits per heavy atom. The number of aldehydes is 1. The third-order valence-electron chi connectivity index (χ3n) is 2.66. The molecular weight excluding hydrogens is 259 g/mol. The number of halogens is 1. The Bertz CT molecular complexity index is 615. The highest BCUT2D eigenvalue weighted by Crippen LogP contribution is 2.28. The van der Waals surface area contributed by atoms with Crippen molar-refractivity contribution in [1.82, 2.24) is 9.97 Å². The van der Waals surface area contributed by atoms with Gasteiger partial charge in [0.15, 0.2) is 17.9 Å². The van der Waals surface area contributed by atoms with Gasteiger partial charge in [0.1, 0.15) is 6.33 Å². The second-order valence-electron chi connectivity index (χ2n) is 4.05. The van der Waals surface area contributed by atoms with Gasteiger partial charge in [-0.05, 0) is 24.1 Å². The van der Waals surface area contributed by atoms with Crippen LogP contribution in [-0.2, 0) is 0 Å². The van der Waals surface area contributed by atoms with Crippen LogP contribution in [0.1, 0.15) is 16.8 Å². The Labute approximate surface area is 116 Å². The fraction of sp³-hybridized carbons (Fsp3) is 0.133. The van der Waals surface area contributed by atoms with E-state index in [1.807, 2.05) is 0 Å². The third-order valence-corrected chi connectivity index (χ3v) is 2.66. The maximum absolute atomic E-state index is 14.1. The molecule has 102 valence electrons. The van der Waals surface area contributed by atoms with E-state index in [1.165, 1.54) is 12.4 Å². The molecule has 20 heavy (non-hydrogen) atoms. The van der Waals surface area contributed by atoms with E-state index in [9.17, 15) is 9.18 Å². The van der Waals surface area contributed by atoms with E-state index < -0.39 is 5.82 Å². The Morgan fingerprint density at radius 2 is 2.00 bits per heavy atom. The number of carbonyl (C=O) groups is 1. The molecular formula is C15H13FN2O2. The molecule has 0 amide bonds. The molecule has 0 N–H and O–H groups in total. The molecule has 0 spiro atoms. The van der Waals surface area contributed by atoms with Gasteiger partial charge in [-0.15, -0.1) is 6.58 Å². The molecule has 0 aliphatic carbocycles. The molecule has 1 aromatic carbocycles. The van der Waals surface area contributed by atoms with Crippen molar-refractivity contribution in [2.75, 3.05) is 6.61 Å². The van der Waals surface area contributed by atoms with Crippen molar-refractivity contribution in [2.45, 2.75) is 6.42 Å². The minimum Gasteiger partial charge on any atom is -0.489 e. The SMILES string of the molecule is C=CCCOc1c(F)cc(-c2cncnc2)cc1C=O. The molecule has 2 rings (SSSR count). The van der Waals surface area contributed by atoms with Gasteiger partial charge in [0.05, 0.1) is 12.2 Å². The van der Waals surface area contributed by atoms with Crippen molar-refractivity contribution >= 4 is 6.29 Å². The lowest BCUT2D eigenvalue weighted by Gasteiger charge is -2.10. The molecule has 2 aromatic rings. The van der Waals surface area contributed by atoms with Gasteiger partial charge in [0.25, 0.3) is 0 Å². The summed E-state index contributed by atoms with van der Waals surface area (Å²) in [5.41, 5.74) is 1.32. The van der Waals surface area contributed by atoms with Crippen molar-refractivity contribution in [3.05, 3.63) is 54.9 Å². The van der Waals surface area contributed by atoms with Gasteiger partial charge >= 0.3 is 0 Å². The highest BCUT2D eigenvalue weighted by atomic mass is 19.1. The highest BCUT2D eigenvalue weighted by molar-refractivity contribution is 5.83. The number of rotatable bonds is 6. The van der Waals surface area contributed by atoms with E-state index in [-0.39, 0.29) is 17.9 Å². The normalized spacial score (nSPS) is 10.1. The zero-order valence-corrected chi connectivity index (χ0v) is 10.8. The van der Waals surface area contributed by atoms with E-state index in [1.54, 1.807) is 24.5 Å². The number of hydrogen-bond donors (Lipinski definition) is 0. The first-order valence-corrected chi connectivity index (χ1v) is 6.04. The molecule has 0 saturated heterocycles. The average molecular weight is 272 g/mol. The van der Waals surface area contributed by atoms with Crippen LogP contribution >= 0.6 is 0 Å². The summed E-state index contributed by atoms with van der Waals surface area (Å²) < 4.78 is 19.3. The molecule has 0 saturated carbocycles. The van der Waals surface area contributed by atoms with Crippen LogP contribution in [-0.4, -0.2) is 22.9 Å². The molecule has 0 aliphatic rings. The highest BCUT2D eigenvalue weighted by Gasteiger charge is 2.13. The first-order chi connectivity index (χ1) is 9.76. The summed E-state index contributed by atoms with van der Waals surface area (Å²) in [6.45, 7) is 3.83. The van der Waals surface area contributed by atoms with Crippen LogP contribution in [0.4, 0.5) is 4.39 Å². The quantitative estimate of drug-likeness (QED) is 0.461. The lowest BCUT2D eigenvalue weighted by molar-refractivity contribution is 0.111. The van der Waals surface area contributed by atoms with E-state index >= 15 is 0 Å². The lowest BCUT2D eigenvalue weighted by atomic mass is 10.1. The molecule has 0 atom stereocenters. The minimum absolute atomic E-state index is 0.0394. The van der Waals surface area contributed by atoms with Crippen LogP contribution in [0.3, 0.4) is 0 Å². The summed E-state index contributed by atoms with van der Waals surface area (Å²) in [7, 11) is 0. The summed E-state index contributed by atoms with van der Waals surface area (Å²) in [4.78, 5) is 18.8. The van der Waals surface area contributed by atoms with E-state index in [0.29, 0.717) is 23.8 Å². The van der Waals surface area contributed by atoms with Crippen LogP contribution in [0.25, 0.3) is 11.1 Å². The van der Waals surface area contributed by atoms with Gasteiger partial charge in [0, 0.05) is 18.0 Å². The Balaban J connectivity index is 2.37. The number of nitrogens with zero attached hydrogens (tertiary/aromatic N) is 2. The standard InChI is InChI=1S/C15H13FN2O2/c1-2-3-4-20-15-12(9-19)5-11(6-14(15)16)13-7-17-10-18-8-13/h2,5-10H,1,3-4H2. The molecule has 0 fully saturated rings. The number of hydrogen-bond acceptors (Lipinski definition) is 4. The number of aromatic nitrogens is 2. The monoisotopic (exact) mass is 272 g/mol. The van der Waals surface area contributed by atoms with Crippen LogP contribution in [0, 0.1) is 5.82 Å². The van der Waals surface area contributed by atoms with Gasteiger partial charge in [-0.25, -0.2) is 14.4 Å². The molecule has 1 heterocycles. The van der Waals surface area contributed by atoms with Gasteiger partial charge in [0.2, 0.25) is 0 Å². The van der Waals surface area contributed by atoms with Crippen LogP contribution < -0.4 is 4.74 Å². The Hall–Kier alpha value is -2.56. The molecule has 0 bridgehead atoms. The van der Waals surface area contributed by atoms with E-state index in [0.717, 1.165) is 0 Å². The van der Waals surface area contributed by atoms with Crippen molar-refractivity contribution in [3.8, 4) is 16.9 Å². The van der Waals surface area contributed by atoms with Crippen molar-refractivity contribution < 1.29 is 13.9 Å². The molecule has 0 aliphatic heterocycles. The molecule has 0 radical (unpaired) electrons. The van der Waals surface area contributed by atoms with Crippen LogP contribution in [0.2, 0.25) is 0 Å². The van der Waals surface area contributed by atoms with Gasteiger partial charge in [-0.3, -0.25) is 4.79 Å².